The monoisotopic (exact) mass is 272 g/mol. The highest BCUT2D eigenvalue weighted by molar-refractivity contribution is 9.10. The van der Waals surface area contributed by atoms with E-state index in [1.54, 1.807) is 0 Å². The maximum Gasteiger partial charge on any atom is 0.0574 e. The van der Waals surface area contributed by atoms with E-state index in [4.69, 9.17) is 10.5 Å². The Morgan fingerprint density at radius 2 is 2.27 bits per heavy atom. The molecule has 0 aromatic heterocycles. The topological polar surface area (TPSA) is 47.3 Å². The molecule has 84 valence electrons. The fourth-order valence-electron chi connectivity index (χ4n) is 1.24. The summed E-state index contributed by atoms with van der Waals surface area (Å²) in [6, 6.07) is 5.84. The van der Waals surface area contributed by atoms with Crippen LogP contribution in [-0.4, -0.2) is 19.8 Å². The minimum absolute atomic E-state index is 0.765. The van der Waals surface area contributed by atoms with Gasteiger partial charge in [0, 0.05) is 24.2 Å². The number of hydrogen-bond acceptors (Lipinski definition) is 3. The zero-order chi connectivity index (χ0) is 11.1. The van der Waals surface area contributed by atoms with E-state index in [-0.39, 0.29) is 0 Å². The molecule has 0 atom stereocenters. The van der Waals surface area contributed by atoms with Gasteiger partial charge in [-0.15, -0.1) is 0 Å². The minimum Gasteiger partial charge on any atom is -0.397 e. The third-order valence-electron chi connectivity index (χ3n) is 2.00. The summed E-state index contributed by atoms with van der Waals surface area (Å²) in [5, 5.41) is 3.27. The van der Waals surface area contributed by atoms with Crippen molar-refractivity contribution in [3.8, 4) is 0 Å². The van der Waals surface area contributed by atoms with Gasteiger partial charge in [0.05, 0.1) is 11.4 Å². The van der Waals surface area contributed by atoms with Crippen molar-refractivity contribution in [2.45, 2.75) is 13.3 Å². The van der Waals surface area contributed by atoms with Crippen molar-refractivity contribution < 1.29 is 4.74 Å². The fourth-order valence-corrected chi connectivity index (χ4v) is 1.61. The minimum atomic E-state index is 0.765. The summed E-state index contributed by atoms with van der Waals surface area (Å²) in [6.07, 6.45) is 0.989. The number of halogens is 1. The molecular formula is C11H17BrN2O. The van der Waals surface area contributed by atoms with E-state index >= 15 is 0 Å². The Bertz CT molecular complexity index is 305. The smallest absolute Gasteiger partial charge is 0.0574 e. The second kappa shape index (κ2) is 6.69. The number of nitrogen functional groups attached to an aromatic ring is 1. The second-order valence-corrected chi connectivity index (χ2v) is 4.12. The molecule has 0 fully saturated rings. The molecule has 0 heterocycles. The van der Waals surface area contributed by atoms with Gasteiger partial charge >= 0.3 is 0 Å². The number of ether oxygens (including phenoxy) is 1. The lowest BCUT2D eigenvalue weighted by Crippen LogP contribution is -2.07. The molecule has 4 heteroatoms. The first-order valence-electron chi connectivity index (χ1n) is 5.10. The number of hydrogen-bond donors (Lipinski definition) is 2. The zero-order valence-electron chi connectivity index (χ0n) is 8.92. The molecule has 0 saturated carbocycles. The highest BCUT2D eigenvalue weighted by atomic mass is 79.9. The van der Waals surface area contributed by atoms with Crippen molar-refractivity contribution in [2.75, 3.05) is 30.8 Å². The van der Waals surface area contributed by atoms with Gasteiger partial charge < -0.3 is 15.8 Å². The Hall–Kier alpha value is -0.740. The van der Waals surface area contributed by atoms with Crippen LogP contribution in [0.3, 0.4) is 0 Å². The van der Waals surface area contributed by atoms with Gasteiger partial charge in [-0.25, -0.2) is 0 Å². The van der Waals surface area contributed by atoms with E-state index < -0.39 is 0 Å². The summed E-state index contributed by atoms with van der Waals surface area (Å²) in [6.45, 7) is 4.45. The number of benzene rings is 1. The number of nitrogens with two attached hydrogens (primary N) is 1. The largest absolute Gasteiger partial charge is 0.397 e. The lowest BCUT2D eigenvalue weighted by Gasteiger charge is -2.09. The molecule has 3 nitrogen and oxygen atoms in total. The molecule has 0 bridgehead atoms. The fraction of sp³-hybridized carbons (Fsp3) is 0.455. The van der Waals surface area contributed by atoms with Gasteiger partial charge in [0.2, 0.25) is 0 Å². The quantitative estimate of drug-likeness (QED) is 0.619. The highest BCUT2D eigenvalue weighted by Crippen LogP contribution is 2.22. The van der Waals surface area contributed by atoms with Crippen LogP contribution in [0.5, 0.6) is 0 Å². The van der Waals surface area contributed by atoms with Crippen LogP contribution >= 0.6 is 15.9 Å². The first-order valence-corrected chi connectivity index (χ1v) is 5.90. The molecule has 0 amide bonds. The molecule has 0 radical (unpaired) electrons. The molecule has 0 saturated heterocycles. The van der Waals surface area contributed by atoms with Crippen LogP contribution < -0.4 is 11.1 Å². The molecule has 1 rings (SSSR count). The molecule has 15 heavy (non-hydrogen) atoms. The zero-order valence-corrected chi connectivity index (χ0v) is 10.5. The van der Waals surface area contributed by atoms with E-state index in [0.717, 1.165) is 42.0 Å². The molecule has 3 N–H and O–H groups in total. The SMILES string of the molecule is CCOCCCNc1ccc(Br)cc1N. The Morgan fingerprint density at radius 1 is 1.47 bits per heavy atom. The summed E-state index contributed by atoms with van der Waals surface area (Å²) in [4.78, 5) is 0. The van der Waals surface area contributed by atoms with Crippen LogP contribution in [-0.2, 0) is 4.74 Å². The highest BCUT2D eigenvalue weighted by Gasteiger charge is 1.98. The average molecular weight is 273 g/mol. The lowest BCUT2D eigenvalue weighted by molar-refractivity contribution is 0.147. The van der Waals surface area contributed by atoms with Gasteiger partial charge in [0.25, 0.3) is 0 Å². The summed E-state index contributed by atoms with van der Waals surface area (Å²) in [5.74, 6) is 0. The van der Waals surface area contributed by atoms with E-state index in [9.17, 15) is 0 Å². The summed E-state index contributed by atoms with van der Waals surface area (Å²) in [7, 11) is 0. The Balaban J connectivity index is 2.31. The molecule has 0 spiro atoms. The number of anilines is 2. The van der Waals surface area contributed by atoms with Crippen LogP contribution in [0.2, 0.25) is 0 Å². The molecule has 1 aromatic carbocycles. The van der Waals surface area contributed by atoms with Gasteiger partial charge in [0.15, 0.2) is 0 Å². The van der Waals surface area contributed by atoms with Gasteiger partial charge in [-0.3, -0.25) is 0 Å². The van der Waals surface area contributed by atoms with E-state index in [2.05, 4.69) is 21.2 Å². The van der Waals surface area contributed by atoms with Crippen LogP contribution in [0.4, 0.5) is 11.4 Å². The molecule has 0 aliphatic heterocycles. The maximum absolute atomic E-state index is 5.84. The van der Waals surface area contributed by atoms with Crippen molar-refractivity contribution in [3.05, 3.63) is 22.7 Å². The predicted octanol–water partition coefficient (Wildman–Crippen LogP) is 2.87. The van der Waals surface area contributed by atoms with Crippen molar-refractivity contribution in [3.63, 3.8) is 0 Å². The van der Waals surface area contributed by atoms with E-state index in [0.29, 0.717) is 0 Å². The van der Waals surface area contributed by atoms with Gasteiger partial charge in [-0.1, -0.05) is 15.9 Å². The third kappa shape index (κ3) is 4.53. The number of rotatable bonds is 6. The van der Waals surface area contributed by atoms with Crippen molar-refractivity contribution in [1.29, 1.82) is 0 Å². The van der Waals surface area contributed by atoms with Crippen molar-refractivity contribution in [2.24, 2.45) is 0 Å². The van der Waals surface area contributed by atoms with Crippen molar-refractivity contribution in [1.82, 2.24) is 0 Å². The van der Waals surface area contributed by atoms with Crippen LogP contribution in [0, 0.1) is 0 Å². The predicted molar refractivity (Wildman–Crippen MR) is 68.2 cm³/mol. The molecule has 0 unspecified atom stereocenters. The summed E-state index contributed by atoms with van der Waals surface area (Å²) >= 11 is 3.37. The Morgan fingerprint density at radius 3 is 2.93 bits per heavy atom. The Labute approximate surface area is 99.1 Å². The van der Waals surface area contributed by atoms with Gasteiger partial charge in [-0.05, 0) is 31.5 Å². The van der Waals surface area contributed by atoms with Crippen molar-refractivity contribution >= 4 is 27.3 Å². The second-order valence-electron chi connectivity index (χ2n) is 3.21. The molecular weight excluding hydrogens is 256 g/mol. The molecule has 0 aliphatic carbocycles. The van der Waals surface area contributed by atoms with E-state index in [1.807, 2.05) is 25.1 Å². The third-order valence-corrected chi connectivity index (χ3v) is 2.49. The first kappa shape index (κ1) is 12.3. The summed E-state index contributed by atoms with van der Waals surface area (Å²) < 4.78 is 6.24. The molecule has 0 aliphatic rings. The number of nitrogens with one attached hydrogen (secondary N) is 1. The first-order chi connectivity index (χ1) is 7.24. The van der Waals surface area contributed by atoms with Crippen LogP contribution in [0.1, 0.15) is 13.3 Å². The van der Waals surface area contributed by atoms with Gasteiger partial charge in [-0.2, -0.15) is 0 Å². The average Bonchev–Trinajstić information content (AvgIpc) is 2.20. The van der Waals surface area contributed by atoms with Crippen LogP contribution in [0.25, 0.3) is 0 Å². The Kier molecular flexibility index (Phi) is 5.50. The normalized spacial score (nSPS) is 10.3. The molecule has 1 aromatic rings. The van der Waals surface area contributed by atoms with E-state index in [1.165, 1.54) is 0 Å². The van der Waals surface area contributed by atoms with Gasteiger partial charge in [0.1, 0.15) is 0 Å². The lowest BCUT2D eigenvalue weighted by atomic mass is 10.2. The maximum atomic E-state index is 5.84. The standard InChI is InChI=1S/C11H17BrN2O/c1-2-15-7-3-6-14-11-5-4-9(12)8-10(11)13/h4-5,8,14H,2-3,6-7,13H2,1H3. The van der Waals surface area contributed by atoms with Crippen LogP contribution in [0.15, 0.2) is 22.7 Å². The summed E-state index contributed by atoms with van der Waals surface area (Å²) in [5.41, 5.74) is 7.58.